The fourth-order valence-electron chi connectivity index (χ4n) is 5.59. The number of aromatic nitrogens is 4. The first-order chi connectivity index (χ1) is 24.0. The second-order valence-electron chi connectivity index (χ2n) is 12.1. The van der Waals surface area contributed by atoms with Crippen molar-refractivity contribution >= 4 is 40.2 Å². The number of likely N-dealkylation sites (tertiary alicyclic amines) is 1. The first-order valence-corrected chi connectivity index (χ1v) is 16.0. The monoisotopic (exact) mass is 686 g/mol. The van der Waals surface area contributed by atoms with Gasteiger partial charge in [0.1, 0.15) is 17.1 Å². The van der Waals surface area contributed by atoms with E-state index < -0.39 is 23.3 Å². The Bertz CT molecular complexity index is 2070. The van der Waals surface area contributed by atoms with E-state index >= 15 is 0 Å². The van der Waals surface area contributed by atoms with Crippen molar-refractivity contribution in [1.29, 1.82) is 0 Å². The molecule has 14 heteroatoms. The first-order valence-electron chi connectivity index (χ1n) is 16.0. The van der Waals surface area contributed by atoms with Crippen LogP contribution >= 0.6 is 0 Å². The Balaban J connectivity index is 1.02. The zero-order valence-electron chi connectivity index (χ0n) is 27.0. The van der Waals surface area contributed by atoms with Gasteiger partial charge in [0.2, 0.25) is 5.95 Å². The third-order valence-electron chi connectivity index (χ3n) is 8.33. The number of carbonyl (C=O) groups is 1. The molecule has 1 saturated heterocycles. The van der Waals surface area contributed by atoms with Crippen LogP contribution in [0.15, 0.2) is 90.1 Å². The van der Waals surface area contributed by atoms with Crippen LogP contribution in [0.1, 0.15) is 40.0 Å². The van der Waals surface area contributed by atoms with Crippen LogP contribution in [0.3, 0.4) is 0 Å². The van der Waals surface area contributed by atoms with Gasteiger partial charge in [-0.1, -0.05) is 24.3 Å². The minimum atomic E-state index is -4.56. The SMILES string of the molecule is CN1CCC(Nc2ccc(Nc3ncc4cc(/C=C/CNC(=O)c5cccn(Cc6ccc(C(F)(F)F)nc6)c5=O)ccc4n3)cc2F)CC1. The van der Waals surface area contributed by atoms with Crippen LogP contribution in [-0.4, -0.2) is 63.0 Å². The predicted octanol–water partition coefficient (Wildman–Crippen LogP) is 6.09. The summed E-state index contributed by atoms with van der Waals surface area (Å²) < 4.78 is 54.5. The number of piperidine rings is 1. The van der Waals surface area contributed by atoms with E-state index in [4.69, 9.17) is 0 Å². The fourth-order valence-corrected chi connectivity index (χ4v) is 5.59. The Kier molecular flexibility index (Phi) is 10.2. The zero-order valence-corrected chi connectivity index (χ0v) is 27.0. The highest BCUT2D eigenvalue weighted by Crippen LogP contribution is 2.27. The summed E-state index contributed by atoms with van der Waals surface area (Å²) in [5, 5.41) is 9.83. The van der Waals surface area contributed by atoms with Crippen LogP contribution in [0.4, 0.5) is 34.9 Å². The van der Waals surface area contributed by atoms with E-state index in [-0.39, 0.29) is 30.5 Å². The minimum Gasteiger partial charge on any atom is -0.380 e. The number of nitrogens with one attached hydrogen (secondary N) is 3. The number of alkyl halides is 3. The number of halogens is 4. The molecule has 258 valence electrons. The average Bonchev–Trinajstić information content (AvgIpc) is 3.09. The van der Waals surface area contributed by atoms with Crippen LogP contribution in [0.25, 0.3) is 17.0 Å². The molecular weight excluding hydrogens is 652 g/mol. The average molecular weight is 687 g/mol. The van der Waals surface area contributed by atoms with Crippen LogP contribution < -0.4 is 21.5 Å². The summed E-state index contributed by atoms with van der Waals surface area (Å²) in [5.41, 5.74) is 1.19. The molecule has 1 aliphatic heterocycles. The number of hydrogen-bond donors (Lipinski definition) is 3. The molecule has 0 spiro atoms. The molecule has 1 fully saturated rings. The van der Waals surface area contributed by atoms with Crippen LogP contribution in [0, 0.1) is 5.82 Å². The van der Waals surface area contributed by atoms with Crippen LogP contribution in [-0.2, 0) is 12.7 Å². The number of fused-ring (bicyclic) bond motifs is 1. The van der Waals surface area contributed by atoms with Gasteiger partial charge in [-0.2, -0.15) is 13.2 Å². The molecule has 1 aliphatic rings. The lowest BCUT2D eigenvalue weighted by atomic mass is 10.1. The zero-order chi connectivity index (χ0) is 35.3. The number of anilines is 3. The van der Waals surface area contributed by atoms with Crippen molar-refractivity contribution in [3.63, 3.8) is 0 Å². The number of carbonyl (C=O) groups excluding carboxylic acids is 1. The fraction of sp³-hybridized carbons (Fsp3) is 0.250. The molecule has 0 radical (unpaired) electrons. The van der Waals surface area contributed by atoms with E-state index in [0.717, 1.165) is 49.1 Å². The molecule has 6 rings (SSSR count). The molecule has 0 unspecified atom stereocenters. The van der Waals surface area contributed by atoms with Crippen molar-refractivity contribution < 1.29 is 22.4 Å². The van der Waals surface area contributed by atoms with Gasteiger partial charge in [0, 0.05) is 42.3 Å². The highest BCUT2D eigenvalue weighted by Gasteiger charge is 2.32. The van der Waals surface area contributed by atoms with Crippen LogP contribution in [0.5, 0.6) is 0 Å². The van der Waals surface area contributed by atoms with E-state index in [1.807, 2.05) is 18.2 Å². The summed E-state index contributed by atoms with van der Waals surface area (Å²) in [6.45, 7) is 2.05. The van der Waals surface area contributed by atoms with Gasteiger partial charge in [-0.3, -0.25) is 14.6 Å². The molecule has 0 bridgehead atoms. The maximum Gasteiger partial charge on any atom is 0.433 e. The Hall–Kier alpha value is -5.63. The summed E-state index contributed by atoms with van der Waals surface area (Å²) in [6.07, 6.45) is 5.07. The normalized spacial score (nSPS) is 14.3. The van der Waals surface area contributed by atoms with Crippen molar-refractivity contribution in [3.8, 4) is 0 Å². The van der Waals surface area contributed by atoms with E-state index in [0.29, 0.717) is 28.4 Å². The molecular formula is C36H34F4N8O2. The smallest absolute Gasteiger partial charge is 0.380 e. The molecule has 1 amide bonds. The van der Waals surface area contributed by atoms with Gasteiger partial charge >= 0.3 is 6.18 Å². The molecule has 5 aromatic rings. The van der Waals surface area contributed by atoms with Gasteiger partial charge in [0.15, 0.2) is 0 Å². The number of pyridine rings is 2. The largest absolute Gasteiger partial charge is 0.433 e. The minimum absolute atomic E-state index is 0.0453. The van der Waals surface area contributed by atoms with Crippen molar-refractivity contribution in [1.82, 2.24) is 29.7 Å². The molecule has 3 N–H and O–H groups in total. The maximum absolute atomic E-state index is 14.9. The molecule has 0 saturated carbocycles. The van der Waals surface area contributed by atoms with Crippen molar-refractivity contribution in [2.24, 2.45) is 0 Å². The number of amides is 1. The topological polar surface area (TPSA) is 117 Å². The van der Waals surface area contributed by atoms with E-state index in [9.17, 15) is 27.2 Å². The highest BCUT2D eigenvalue weighted by molar-refractivity contribution is 5.94. The van der Waals surface area contributed by atoms with Gasteiger partial charge in [0.25, 0.3) is 11.5 Å². The Morgan fingerprint density at radius 2 is 1.84 bits per heavy atom. The summed E-state index contributed by atoms with van der Waals surface area (Å²) in [7, 11) is 2.09. The summed E-state index contributed by atoms with van der Waals surface area (Å²) in [6, 6.07) is 15.7. The van der Waals surface area contributed by atoms with Gasteiger partial charge < -0.3 is 25.4 Å². The summed E-state index contributed by atoms with van der Waals surface area (Å²) >= 11 is 0. The molecule has 0 aliphatic carbocycles. The van der Waals surface area contributed by atoms with Crippen molar-refractivity contribution in [2.45, 2.75) is 31.6 Å². The lowest BCUT2D eigenvalue weighted by Crippen LogP contribution is -2.36. The predicted molar refractivity (Wildman–Crippen MR) is 184 cm³/mol. The van der Waals surface area contributed by atoms with E-state index in [2.05, 4.69) is 42.8 Å². The molecule has 2 aromatic carbocycles. The maximum atomic E-state index is 14.9. The summed E-state index contributed by atoms with van der Waals surface area (Å²) in [4.78, 5) is 40.3. The third-order valence-corrected chi connectivity index (χ3v) is 8.33. The van der Waals surface area contributed by atoms with Crippen LogP contribution in [0.2, 0.25) is 0 Å². The summed E-state index contributed by atoms with van der Waals surface area (Å²) in [5.74, 6) is -0.609. The lowest BCUT2D eigenvalue weighted by molar-refractivity contribution is -0.141. The number of rotatable bonds is 10. The van der Waals surface area contributed by atoms with Gasteiger partial charge in [-0.25, -0.2) is 14.4 Å². The second-order valence-corrected chi connectivity index (χ2v) is 12.1. The number of benzene rings is 2. The van der Waals surface area contributed by atoms with Gasteiger partial charge in [-0.05, 0) is 92.6 Å². The van der Waals surface area contributed by atoms with Crippen molar-refractivity contribution in [2.75, 3.05) is 37.3 Å². The highest BCUT2D eigenvalue weighted by atomic mass is 19.4. The van der Waals surface area contributed by atoms with E-state index in [1.165, 1.54) is 35.0 Å². The Morgan fingerprint density at radius 3 is 2.58 bits per heavy atom. The van der Waals surface area contributed by atoms with Gasteiger partial charge in [-0.15, -0.1) is 0 Å². The molecule has 4 heterocycles. The van der Waals surface area contributed by atoms with E-state index in [1.54, 1.807) is 30.5 Å². The van der Waals surface area contributed by atoms with Crippen molar-refractivity contribution in [3.05, 3.63) is 124 Å². The second kappa shape index (κ2) is 14.9. The number of nitrogens with zero attached hydrogens (tertiary/aromatic N) is 5. The molecule has 3 aromatic heterocycles. The number of hydrogen-bond acceptors (Lipinski definition) is 8. The first kappa shape index (κ1) is 34.2. The molecule has 10 nitrogen and oxygen atoms in total. The lowest BCUT2D eigenvalue weighted by Gasteiger charge is -2.30. The molecule has 50 heavy (non-hydrogen) atoms. The quantitative estimate of drug-likeness (QED) is 0.151. The Morgan fingerprint density at radius 1 is 1.02 bits per heavy atom. The third kappa shape index (κ3) is 8.50. The van der Waals surface area contributed by atoms with Gasteiger partial charge in [0.05, 0.1) is 17.7 Å². The Labute approximate surface area is 284 Å². The molecule has 0 atom stereocenters. The standard InChI is InChI=1S/C36H34F4N8O2/c1-47-16-12-26(13-17-47)44-31-10-8-27(19-29(31)37)45-35-43-21-25-18-23(6-9-30(25)46-35)4-2-14-41-33(49)28-5-3-15-48(34(28)50)22-24-7-11-32(42-20-24)36(38,39)40/h2-11,15,18-21,26,44H,12-14,16-17,22H2,1H3,(H,41,49)(H,43,45,46)/b4-2+.